The zero-order chi connectivity index (χ0) is 15.8. The number of hydrogen-bond donors (Lipinski definition) is 1. The van der Waals surface area contributed by atoms with E-state index in [2.05, 4.69) is 10.3 Å². The predicted octanol–water partition coefficient (Wildman–Crippen LogP) is 1.52. The highest BCUT2D eigenvalue weighted by Gasteiger charge is 2.52. The van der Waals surface area contributed by atoms with Crippen molar-refractivity contribution in [2.24, 2.45) is 0 Å². The third-order valence-electron chi connectivity index (χ3n) is 4.03. The van der Waals surface area contributed by atoms with Crippen LogP contribution < -0.4 is 10.8 Å². The van der Waals surface area contributed by atoms with Crippen LogP contribution in [-0.2, 0) is 9.31 Å². The van der Waals surface area contributed by atoms with E-state index in [9.17, 15) is 4.79 Å². The van der Waals surface area contributed by atoms with Crippen molar-refractivity contribution >= 4 is 18.5 Å². The van der Waals surface area contributed by atoms with Crippen molar-refractivity contribution in [1.82, 2.24) is 10.3 Å². The van der Waals surface area contributed by atoms with E-state index in [1.165, 1.54) is 0 Å². The van der Waals surface area contributed by atoms with E-state index in [1.54, 1.807) is 18.5 Å². The molecule has 1 fully saturated rings. The Bertz CT molecular complexity index is 527. The molecule has 5 nitrogen and oxygen atoms in total. The molecule has 1 saturated heterocycles. The summed E-state index contributed by atoms with van der Waals surface area (Å²) in [6.45, 7) is 11.8. The number of hydrogen-bond acceptors (Lipinski definition) is 4. The minimum absolute atomic E-state index is 0.0591. The lowest BCUT2D eigenvalue weighted by Gasteiger charge is -2.32. The van der Waals surface area contributed by atoms with Gasteiger partial charge in [-0.15, -0.1) is 0 Å². The average Bonchev–Trinajstić information content (AvgIpc) is 2.57. The smallest absolute Gasteiger partial charge is 0.399 e. The summed E-state index contributed by atoms with van der Waals surface area (Å²) < 4.78 is 12.0. The van der Waals surface area contributed by atoms with E-state index >= 15 is 0 Å². The number of nitrogens with one attached hydrogen (secondary N) is 1. The van der Waals surface area contributed by atoms with E-state index in [0.717, 1.165) is 0 Å². The third kappa shape index (κ3) is 3.11. The van der Waals surface area contributed by atoms with Gasteiger partial charge in [-0.05, 0) is 53.1 Å². The quantitative estimate of drug-likeness (QED) is 0.857. The number of nitrogens with zero attached hydrogens (tertiary/aromatic N) is 1. The number of carbonyl (C=O) groups is 1. The van der Waals surface area contributed by atoms with E-state index < -0.39 is 18.3 Å². The molecule has 114 valence electrons. The molecular weight excluding hydrogens is 267 g/mol. The topological polar surface area (TPSA) is 60.5 Å². The van der Waals surface area contributed by atoms with Crippen molar-refractivity contribution in [2.45, 2.75) is 58.8 Å². The van der Waals surface area contributed by atoms with Gasteiger partial charge in [0.15, 0.2) is 0 Å². The fourth-order valence-electron chi connectivity index (χ4n) is 2.11. The Morgan fingerprint density at radius 1 is 1.24 bits per heavy atom. The summed E-state index contributed by atoms with van der Waals surface area (Å²) in [7, 11) is -0.564. The molecule has 1 aliphatic rings. The Kier molecular flexibility index (Phi) is 4.13. The summed E-state index contributed by atoms with van der Waals surface area (Å²) in [5, 5.41) is 2.87. The Labute approximate surface area is 126 Å². The van der Waals surface area contributed by atoms with Crippen LogP contribution in [0.25, 0.3) is 0 Å². The lowest BCUT2D eigenvalue weighted by atomic mass is 9.76. The highest BCUT2D eigenvalue weighted by molar-refractivity contribution is 6.63. The number of amides is 1. The van der Waals surface area contributed by atoms with Gasteiger partial charge in [-0.1, -0.05) is 0 Å². The molecule has 0 spiro atoms. The molecule has 1 N–H and O–H groups in total. The molecule has 0 unspecified atom stereocenters. The van der Waals surface area contributed by atoms with Crippen molar-refractivity contribution < 1.29 is 14.1 Å². The molecule has 0 saturated carbocycles. The largest absolute Gasteiger partial charge is 0.495 e. The lowest BCUT2D eigenvalue weighted by molar-refractivity contribution is 0.00578. The van der Waals surface area contributed by atoms with Crippen molar-refractivity contribution in [1.29, 1.82) is 0 Å². The van der Waals surface area contributed by atoms with Gasteiger partial charge in [0.05, 0.1) is 16.8 Å². The van der Waals surface area contributed by atoms with Crippen LogP contribution in [0.5, 0.6) is 0 Å². The minimum atomic E-state index is -0.564. The first kappa shape index (κ1) is 16.0. The van der Waals surface area contributed by atoms with Gasteiger partial charge in [0.1, 0.15) is 0 Å². The average molecular weight is 290 g/mol. The summed E-state index contributed by atoms with van der Waals surface area (Å²) in [6.07, 6.45) is 3.20. The summed E-state index contributed by atoms with van der Waals surface area (Å²) in [5.41, 5.74) is 0.325. The van der Waals surface area contributed by atoms with Crippen LogP contribution >= 0.6 is 0 Å². The van der Waals surface area contributed by atoms with Crippen LogP contribution in [0.15, 0.2) is 18.5 Å². The molecule has 1 amide bonds. The van der Waals surface area contributed by atoms with Crippen molar-refractivity contribution in [3.8, 4) is 0 Å². The van der Waals surface area contributed by atoms with Gasteiger partial charge >= 0.3 is 7.12 Å². The maximum absolute atomic E-state index is 12.3. The van der Waals surface area contributed by atoms with Gasteiger partial charge in [0, 0.05) is 18.4 Å². The van der Waals surface area contributed by atoms with E-state index in [4.69, 9.17) is 9.31 Å². The molecule has 21 heavy (non-hydrogen) atoms. The predicted molar refractivity (Wildman–Crippen MR) is 82.6 cm³/mol. The van der Waals surface area contributed by atoms with E-state index in [-0.39, 0.29) is 11.9 Å². The zero-order valence-corrected chi connectivity index (χ0v) is 13.6. The minimum Gasteiger partial charge on any atom is -0.399 e. The first-order valence-electron chi connectivity index (χ1n) is 7.24. The van der Waals surface area contributed by atoms with Crippen molar-refractivity contribution in [2.75, 3.05) is 0 Å². The standard InChI is InChI=1S/C15H23BN2O3/c1-10(2)18-13(19)11-9-17-8-7-12(11)16-20-14(3,4)15(5,6)21-16/h7-10H,1-6H3,(H,18,19). The molecule has 1 aromatic heterocycles. The Morgan fingerprint density at radius 2 is 1.81 bits per heavy atom. The molecule has 0 atom stereocenters. The number of carbonyl (C=O) groups excluding carboxylic acids is 1. The van der Waals surface area contributed by atoms with Crippen molar-refractivity contribution in [3.05, 3.63) is 24.0 Å². The summed E-state index contributed by atoms with van der Waals surface area (Å²) in [5.74, 6) is -0.164. The Hall–Kier alpha value is -1.40. The molecule has 0 aromatic carbocycles. The van der Waals surface area contributed by atoms with Crippen LogP contribution in [-0.4, -0.2) is 35.3 Å². The normalized spacial score (nSPS) is 19.9. The number of pyridine rings is 1. The molecule has 1 aliphatic heterocycles. The van der Waals surface area contributed by atoms with Gasteiger partial charge < -0.3 is 14.6 Å². The molecular formula is C15H23BN2O3. The monoisotopic (exact) mass is 290 g/mol. The number of rotatable bonds is 3. The first-order valence-corrected chi connectivity index (χ1v) is 7.24. The molecule has 2 heterocycles. The Morgan fingerprint density at radius 3 is 2.33 bits per heavy atom. The number of aromatic nitrogens is 1. The first-order chi connectivity index (χ1) is 9.64. The molecule has 6 heteroatoms. The maximum atomic E-state index is 12.3. The summed E-state index contributed by atoms with van der Waals surface area (Å²) in [4.78, 5) is 16.3. The van der Waals surface area contributed by atoms with Gasteiger partial charge in [0.2, 0.25) is 0 Å². The fraction of sp³-hybridized carbons (Fsp3) is 0.600. The van der Waals surface area contributed by atoms with Gasteiger partial charge in [0.25, 0.3) is 5.91 Å². The third-order valence-corrected chi connectivity index (χ3v) is 4.03. The van der Waals surface area contributed by atoms with Crippen LogP contribution in [0.1, 0.15) is 51.9 Å². The van der Waals surface area contributed by atoms with Crippen LogP contribution in [0.2, 0.25) is 0 Å². The maximum Gasteiger partial charge on any atom is 0.495 e. The molecule has 1 aromatic rings. The summed E-state index contributed by atoms with van der Waals surface area (Å²) in [6, 6.07) is 1.83. The molecule has 0 bridgehead atoms. The second kappa shape index (κ2) is 5.42. The van der Waals surface area contributed by atoms with E-state index in [0.29, 0.717) is 11.0 Å². The van der Waals surface area contributed by atoms with Gasteiger partial charge in [-0.25, -0.2) is 0 Å². The van der Waals surface area contributed by atoms with E-state index in [1.807, 2.05) is 41.5 Å². The Balaban J connectivity index is 2.32. The fourth-order valence-corrected chi connectivity index (χ4v) is 2.11. The molecule has 2 rings (SSSR count). The second-order valence-electron chi connectivity index (χ2n) is 6.68. The van der Waals surface area contributed by atoms with Crippen molar-refractivity contribution in [3.63, 3.8) is 0 Å². The zero-order valence-electron chi connectivity index (χ0n) is 13.6. The summed E-state index contributed by atoms with van der Waals surface area (Å²) >= 11 is 0. The van der Waals surface area contributed by atoms with Gasteiger partial charge in [-0.3, -0.25) is 9.78 Å². The van der Waals surface area contributed by atoms with Gasteiger partial charge in [-0.2, -0.15) is 0 Å². The highest BCUT2D eigenvalue weighted by atomic mass is 16.7. The highest BCUT2D eigenvalue weighted by Crippen LogP contribution is 2.36. The molecule has 0 radical (unpaired) electrons. The lowest BCUT2D eigenvalue weighted by Crippen LogP contribution is -2.41. The second-order valence-corrected chi connectivity index (χ2v) is 6.68. The SMILES string of the molecule is CC(C)NC(=O)c1cnccc1B1OC(C)(C)C(C)(C)O1. The van der Waals surface area contributed by atoms with Crippen LogP contribution in [0.3, 0.4) is 0 Å². The van der Waals surface area contributed by atoms with Crippen LogP contribution in [0.4, 0.5) is 0 Å². The van der Waals surface area contributed by atoms with Crippen LogP contribution in [0, 0.1) is 0 Å². The molecule has 0 aliphatic carbocycles.